The molecule has 2 rings (SSSR count). The Kier molecular flexibility index (Phi) is 7.38. The molecule has 8 heteroatoms. The first-order valence-corrected chi connectivity index (χ1v) is 8.44. The summed E-state index contributed by atoms with van der Waals surface area (Å²) in [5.74, 6) is -0.869. The largest absolute Gasteiger partial charge is 0.493 e. The van der Waals surface area contributed by atoms with Gasteiger partial charge in [0, 0.05) is 11.3 Å². The van der Waals surface area contributed by atoms with Crippen molar-refractivity contribution in [1.82, 2.24) is 0 Å². The fourth-order valence-corrected chi connectivity index (χ4v) is 2.27. The molecule has 0 heterocycles. The molecular weight excluding hydrogens is 366 g/mol. The summed E-state index contributed by atoms with van der Waals surface area (Å²) in [6.07, 6.45) is 0. The lowest BCUT2D eigenvalue weighted by Crippen LogP contribution is -2.15. The molecule has 0 bridgehead atoms. The van der Waals surface area contributed by atoms with Crippen LogP contribution in [0.15, 0.2) is 42.5 Å². The molecule has 0 saturated carbocycles. The minimum atomic E-state index is -0.562. The number of amides is 1. The summed E-state index contributed by atoms with van der Waals surface area (Å²) in [6, 6.07) is 11.0. The summed E-state index contributed by atoms with van der Waals surface area (Å²) in [5, 5.41) is 2.70. The monoisotopic (exact) mass is 387 g/mol. The lowest BCUT2D eigenvalue weighted by atomic mass is 10.1. The minimum absolute atomic E-state index is 0.223. The maximum absolute atomic E-state index is 12.6. The Balaban J connectivity index is 2.16. The highest BCUT2D eigenvalue weighted by molar-refractivity contribution is 6.05. The second-order valence-electron chi connectivity index (χ2n) is 5.49. The zero-order valence-electron chi connectivity index (χ0n) is 15.8. The van der Waals surface area contributed by atoms with E-state index in [1.54, 1.807) is 37.3 Å². The Morgan fingerprint density at radius 3 is 2.43 bits per heavy atom. The molecule has 0 atom stereocenters. The molecule has 0 spiro atoms. The van der Waals surface area contributed by atoms with Crippen LogP contribution in [0.2, 0.25) is 0 Å². The van der Waals surface area contributed by atoms with Crippen molar-refractivity contribution in [2.24, 2.45) is 0 Å². The predicted molar refractivity (Wildman–Crippen MR) is 101 cm³/mol. The van der Waals surface area contributed by atoms with E-state index in [0.717, 1.165) is 0 Å². The molecule has 0 aliphatic carbocycles. The summed E-state index contributed by atoms with van der Waals surface area (Å²) in [7, 11) is 2.69. The molecule has 148 valence electrons. The average Bonchev–Trinajstić information content (AvgIpc) is 2.72. The van der Waals surface area contributed by atoms with Crippen LogP contribution in [-0.2, 0) is 14.3 Å². The number of carbonyl (C=O) groups is 3. The van der Waals surface area contributed by atoms with Gasteiger partial charge in [0.1, 0.15) is 0 Å². The van der Waals surface area contributed by atoms with Gasteiger partial charge in [0.05, 0.1) is 26.4 Å². The van der Waals surface area contributed by atoms with Crippen LogP contribution in [0.1, 0.15) is 27.6 Å². The lowest BCUT2D eigenvalue weighted by Gasteiger charge is -2.12. The molecule has 1 amide bonds. The second-order valence-corrected chi connectivity index (χ2v) is 5.49. The molecule has 0 unspecified atom stereocenters. The molecule has 0 fully saturated rings. The van der Waals surface area contributed by atoms with Crippen LogP contribution in [-0.4, -0.2) is 45.3 Å². The smallest absolute Gasteiger partial charge is 0.343 e. The van der Waals surface area contributed by atoms with Crippen molar-refractivity contribution in [3.05, 3.63) is 53.6 Å². The number of ether oxygens (including phenoxy) is 4. The molecule has 0 aliphatic heterocycles. The van der Waals surface area contributed by atoms with Crippen molar-refractivity contribution in [1.29, 1.82) is 0 Å². The number of hydrogen-bond acceptors (Lipinski definition) is 7. The van der Waals surface area contributed by atoms with E-state index in [2.05, 4.69) is 10.1 Å². The summed E-state index contributed by atoms with van der Waals surface area (Å²) in [4.78, 5) is 35.6. The van der Waals surface area contributed by atoms with Gasteiger partial charge in [0.15, 0.2) is 18.1 Å². The zero-order chi connectivity index (χ0) is 20.5. The first-order chi connectivity index (χ1) is 13.5. The standard InChI is InChI=1S/C20H21NO7/c1-4-27-20(24)14-6-5-7-15(10-14)21-19(23)13-8-9-16(25-2)17(11-13)28-12-18(22)26-3/h5-11H,4,12H2,1-3H3,(H,21,23). The molecule has 0 radical (unpaired) electrons. The third-order valence-corrected chi connectivity index (χ3v) is 3.63. The number of nitrogens with one attached hydrogen (secondary N) is 1. The van der Waals surface area contributed by atoms with Crippen LogP contribution in [0.4, 0.5) is 5.69 Å². The topological polar surface area (TPSA) is 100 Å². The number of esters is 2. The number of anilines is 1. The molecule has 28 heavy (non-hydrogen) atoms. The Labute approximate surface area is 162 Å². The first kappa shape index (κ1) is 20.8. The third-order valence-electron chi connectivity index (χ3n) is 3.63. The van der Waals surface area contributed by atoms with Gasteiger partial charge in [-0.05, 0) is 43.3 Å². The van der Waals surface area contributed by atoms with E-state index in [1.165, 1.54) is 26.4 Å². The minimum Gasteiger partial charge on any atom is -0.493 e. The number of hydrogen-bond donors (Lipinski definition) is 1. The van der Waals surface area contributed by atoms with Gasteiger partial charge in [-0.3, -0.25) is 4.79 Å². The maximum Gasteiger partial charge on any atom is 0.343 e. The van der Waals surface area contributed by atoms with Crippen LogP contribution in [0.5, 0.6) is 11.5 Å². The summed E-state index contributed by atoms with van der Waals surface area (Å²) in [6.45, 7) is 1.65. The molecule has 0 saturated heterocycles. The van der Waals surface area contributed by atoms with E-state index in [-0.39, 0.29) is 24.5 Å². The summed E-state index contributed by atoms with van der Waals surface area (Å²) < 4.78 is 20.0. The van der Waals surface area contributed by atoms with E-state index in [9.17, 15) is 14.4 Å². The molecular formula is C20H21NO7. The number of rotatable bonds is 8. The van der Waals surface area contributed by atoms with E-state index < -0.39 is 17.8 Å². The van der Waals surface area contributed by atoms with Gasteiger partial charge >= 0.3 is 11.9 Å². The summed E-state index contributed by atoms with van der Waals surface area (Å²) >= 11 is 0. The lowest BCUT2D eigenvalue weighted by molar-refractivity contribution is -0.142. The van der Waals surface area contributed by atoms with Gasteiger partial charge in [-0.2, -0.15) is 0 Å². The van der Waals surface area contributed by atoms with Crippen LogP contribution in [0, 0.1) is 0 Å². The Bertz CT molecular complexity index is 863. The average molecular weight is 387 g/mol. The van der Waals surface area contributed by atoms with Crippen LogP contribution in [0.25, 0.3) is 0 Å². The van der Waals surface area contributed by atoms with Gasteiger partial charge in [0.2, 0.25) is 0 Å². The first-order valence-electron chi connectivity index (χ1n) is 8.44. The highest BCUT2D eigenvalue weighted by Gasteiger charge is 2.14. The highest BCUT2D eigenvalue weighted by Crippen LogP contribution is 2.28. The molecule has 1 N–H and O–H groups in total. The fourth-order valence-electron chi connectivity index (χ4n) is 2.27. The second kappa shape index (κ2) is 9.96. The van der Waals surface area contributed by atoms with Crippen LogP contribution >= 0.6 is 0 Å². The third kappa shape index (κ3) is 5.47. The van der Waals surface area contributed by atoms with Crippen molar-refractivity contribution in [3.8, 4) is 11.5 Å². The van der Waals surface area contributed by atoms with Gasteiger partial charge in [-0.1, -0.05) is 6.07 Å². The van der Waals surface area contributed by atoms with Gasteiger partial charge < -0.3 is 24.3 Å². The Morgan fingerprint density at radius 1 is 0.964 bits per heavy atom. The zero-order valence-corrected chi connectivity index (χ0v) is 15.8. The van der Waals surface area contributed by atoms with Crippen LogP contribution in [0.3, 0.4) is 0 Å². The summed E-state index contributed by atoms with van der Waals surface area (Å²) in [5.41, 5.74) is 1.04. The normalized spacial score (nSPS) is 9.96. The maximum atomic E-state index is 12.6. The molecule has 0 aliphatic rings. The number of carbonyl (C=O) groups excluding carboxylic acids is 3. The van der Waals surface area contributed by atoms with E-state index in [0.29, 0.717) is 17.0 Å². The van der Waals surface area contributed by atoms with Crippen molar-refractivity contribution in [2.75, 3.05) is 32.8 Å². The molecule has 2 aromatic carbocycles. The van der Waals surface area contributed by atoms with E-state index in [4.69, 9.17) is 14.2 Å². The van der Waals surface area contributed by atoms with Crippen molar-refractivity contribution >= 4 is 23.5 Å². The SMILES string of the molecule is CCOC(=O)c1cccc(NC(=O)c2ccc(OC)c(OCC(=O)OC)c2)c1. The predicted octanol–water partition coefficient (Wildman–Crippen LogP) is 2.68. The van der Waals surface area contributed by atoms with Crippen molar-refractivity contribution in [2.45, 2.75) is 6.92 Å². The van der Waals surface area contributed by atoms with Crippen molar-refractivity contribution < 1.29 is 33.3 Å². The molecule has 0 aromatic heterocycles. The van der Waals surface area contributed by atoms with E-state index in [1.807, 2.05) is 0 Å². The van der Waals surface area contributed by atoms with Crippen molar-refractivity contribution in [3.63, 3.8) is 0 Å². The van der Waals surface area contributed by atoms with E-state index >= 15 is 0 Å². The fraction of sp³-hybridized carbons (Fsp3) is 0.250. The highest BCUT2D eigenvalue weighted by atomic mass is 16.6. The molecule has 2 aromatic rings. The molecule has 8 nitrogen and oxygen atoms in total. The Hall–Kier alpha value is -3.55. The van der Waals surface area contributed by atoms with Crippen LogP contribution < -0.4 is 14.8 Å². The number of methoxy groups -OCH3 is 2. The van der Waals surface area contributed by atoms with Gasteiger partial charge in [-0.15, -0.1) is 0 Å². The quantitative estimate of drug-likeness (QED) is 0.695. The number of benzene rings is 2. The Morgan fingerprint density at radius 2 is 1.75 bits per heavy atom. The van der Waals surface area contributed by atoms with Gasteiger partial charge in [-0.25, -0.2) is 9.59 Å². The van der Waals surface area contributed by atoms with Gasteiger partial charge in [0.25, 0.3) is 5.91 Å².